The molecule has 0 bridgehead atoms. The van der Waals surface area contributed by atoms with Gasteiger partial charge >= 0.3 is 6.18 Å². The fraction of sp³-hybridized carbons (Fsp3) is 0.600. The molecule has 5 heteroatoms. The minimum absolute atomic E-state index is 0.235. The predicted molar refractivity (Wildman–Crippen MR) is 67.5 cm³/mol. The highest BCUT2D eigenvalue weighted by atomic mass is 19.4. The second-order valence-corrected chi connectivity index (χ2v) is 5.71. The monoisotopic (exact) mass is 290 g/mol. The van der Waals surface area contributed by atoms with Crippen molar-refractivity contribution < 1.29 is 22.7 Å². The molecule has 0 saturated heterocycles. The minimum atomic E-state index is -4.58. The van der Waals surface area contributed by atoms with Crippen LogP contribution in [0.5, 0.6) is 0 Å². The van der Waals surface area contributed by atoms with E-state index in [0.717, 1.165) is 25.0 Å². The fourth-order valence-electron chi connectivity index (χ4n) is 3.06. The molecule has 1 N–H and O–H groups in total. The van der Waals surface area contributed by atoms with Gasteiger partial charge in [-0.05, 0) is 48.4 Å². The van der Waals surface area contributed by atoms with Gasteiger partial charge in [0, 0.05) is 0 Å². The van der Waals surface area contributed by atoms with Crippen LogP contribution in [0.15, 0.2) is 18.2 Å². The molecule has 0 spiro atoms. The first kappa shape index (κ1) is 15.3. The number of alkyl halides is 3. The summed E-state index contributed by atoms with van der Waals surface area (Å²) in [6.45, 7) is 2.02. The normalized spacial score (nSPS) is 25.5. The standard InChI is InChI=1S/C15H18F4O/c1-9-3-2-4-10(7-9)14(20)12-8-11(16)5-6-13(12)15(17,18)19/h5-6,8-10,14,20H,2-4,7H2,1H3. The van der Waals surface area contributed by atoms with E-state index in [1.165, 1.54) is 0 Å². The highest BCUT2D eigenvalue weighted by Crippen LogP contribution is 2.41. The third-order valence-corrected chi connectivity index (χ3v) is 4.06. The van der Waals surface area contributed by atoms with Crippen LogP contribution in [0.4, 0.5) is 17.6 Å². The molecule has 1 nitrogen and oxygen atoms in total. The molecule has 0 heterocycles. The van der Waals surface area contributed by atoms with Crippen molar-refractivity contribution in [2.75, 3.05) is 0 Å². The number of rotatable bonds is 2. The zero-order chi connectivity index (χ0) is 14.9. The van der Waals surface area contributed by atoms with E-state index in [1.54, 1.807) is 0 Å². The Hall–Kier alpha value is -1.10. The van der Waals surface area contributed by atoms with Crippen molar-refractivity contribution in [2.24, 2.45) is 11.8 Å². The Morgan fingerprint density at radius 2 is 1.95 bits per heavy atom. The fourth-order valence-corrected chi connectivity index (χ4v) is 3.06. The molecule has 0 radical (unpaired) electrons. The van der Waals surface area contributed by atoms with Crippen LogP contribution in [0, 0.1) is 17.7 Å². The van der Waals surface area contributed by atoms with Crippen LogP contribution in [0.1, 0.15) is 49.8 Å². The summed E-state index contributed by atoms with van der Waals surface area (Å²) in [6, 6.07) is 2.30. The number of aliphatic hydroxyl groups excluding tert-OH is 1. The Bertz CT molecular complexity index is 469. The summed E-state index contributed by atoms with van der Waals surface area (Å²) in [4.78, 5) is 0. The Morgan fingerprint density at radius 1 is 1.25 bits per heavy atom. The Morgan fingerprint density at radius 3 is 2.55 bits per heavy atom. The van der Waals surface area contributed by atoms with Crippen LogP contribution >= 0.6 is 0 Å². The summed E-state index contributed by atoms with van der Waals surface area (Å²) in [7, 11) is 0. The van der Waals surface area contributed by atoms with Gasteiger partial charge in [0.1, 0.15) is 5.82 Å². The minimum Gasteiger partial charge on any atom is -0.388 e. The van der Waals surface area contributed by atoms with E-state index in [1.807, 2.05) is 6.92 Å². The molecule has 2 rings (SSSR count). The van der Waals surface area contributed by atoms with Gasteiger partial charge in [-0.25, -0.2) is 4.39 Å². The van der Waals surface area contributed by atoms with Crippen molar-refractivity contribution in [1.82, 2.24) is 0 Å². The lowest BCUT2D eigenvalue weighted by atomic mass is 9.77. The number of benzene rings is 1. The van der Waals surface area contributed by atoms with Gasteiger partial charge in [-0.1, -0.05) is 19.8 Å². The summed E-state index contributed by atoms with van der Waals surface area (Å²) in [5.41, 5.74) is -1.28. The maximum absolute atomic E-state index is 13.3. The third kappa shape index (κ3) is 3.32. The van der Waals surface area contributed by atoms with E-state index in [2.05, 4.69) is 0 Å². The van der Waals surface area contributed by atoms with E-state index in [-0.39, 0.29) is 11.5 Å². The largest absolute Gasteiger partial charge is 0.416 e. The maximum Gasteiger partial charge on any atom is 0.416 e. The molecule has 1 aliphatic rings. The molecule has 1 aromatic carbocycles. The lowest BCUT2D eigenvalue weighted by Gasteiger charge is -2.31. The van der Waals surface area contributed by atoms with Crippen molar-refractivity contribution in [3.8, 4) is 0 Å². The molecule has 1 aliphatic carbocycles. The van der Waals surface area contributed by atoms with Gasteiger partial charge < -0.3 is 5.11 Å². The van der Waals surface area contributed by atoms with Gasteiger partial charge in [0.05, 0.1) is 11.7 Å². The third-order valence-electron chi connectivity index (χ3n) is 4.06. The first-order chi connectivity index (χ1) is 9.29. The van der Waals surface area contributed by atoms with Crippen LogP contribution < -0.4 is 0 Å². The van der Waals surface area contributed by atoms with Gasteiger partial charge in [-0.15, -0.1) is 0 Å². The van der Waals surface area contributed by atoms with Crippen LogP contribution in [0.25, 0.3) is 0 Å². The molecule has 20 heavy (non-hydrogen) atoms. The molecule has 1 saturated carbocycles. The van der Waals surface area contributed by atoms with Crippen LogP contribution in [0.2, 0.25) is 0 Å². The van der Waals surface area contributed by atoms with Gasteiger partial charge in [-0.2, -0.15) is 13.2 Å². The second kappa shape index (κ2) is 5.72. The topological polar surface area (TPSA) is 20.2 Å². The van der Waals surface area contributed by atoms with E-state index < -0.39 is 23.7 Å². The highest BCUT2D eigenvalue weighted by Gasteiger charge is 2.37. The van der Waals surface area contributed by atoms with Crippen LogP contribution in [-0.4, -0.2) is 5.11 Å². The van der Waals surface area contributed by atoms with Gasteiger partial charge in [0.15, 0.2) is 0 Å². The van der Waals surface area contributed by atoms with E-state index >= 15 is 0 Å². The SMILES string of the molecule is CC1CCCC(C(O)c2cc(F)ccc2C(F)(F)F)C1. The number of hydrogen-bond acceptors (Lipinski definition) is 1. The number of hydrogen-bond donors (Lipinski definition) is 1. The van der Waals surface area contributed by atoms with Crippen molar-refractivity contribution in [3.05, 3.63) is 35.1 Å². The van der Waals surface area contributed by atoms with Crippen LogP contribution in [-0.2, 0) is 6.18 Å². The molecule has 112 valence electrons. The number of aliphatic hydroxyl groups is 1. The molecule has 3 unspecified atom stereocenters. The maximum atomic E-state index is 13.3. The van der Waals surface area contributed by atoms with E-state index in [0.29, 0.717) is 24.8 Å². The Labute approximate surface area is 115 Å². The van der Waals surface area contributed by atoms with Crippen molar-refractivity contribution in [2.45, 2.75) is 44.9 Å². The molecular formula is C15H18F4O. The predicted octanol–water partition coefficient (Wildman–Crippen LogP) is 4.70. The summed E-state index contributed by atoms with van der Waals surface area (Å²) in [5, 5.41) is 10.3. The summed E-state index contributed by atoms with van der Waals surface area (Å²) in [5.74, 6) is -0.608. The molecule has 3 atom stereocenters. The first-order valence-corrected chi connectivity index (χ1v) is 6.83. The molecule has 0 aromatic heterocycles. The Kier molecular flexibility index (Phi) is 4.37. The van der Waals surface area contributed by atoms with Crippen LogP contribution in [0.3, 0.4) is 0 Å². The quantitative estimate of drug-likeness (QED) is 0.782. The van der Waals surface area contributed by atoms with E-state index in [4.69, 9.17) is 0 Å². The van der Waals surface area contributed by atoms with Crippen molar-refractivity contribution >= 4 is 0 Å². The second-order valence-electron chi connectivity index (χ2n) is 5.71. The van der Waals surface area contributed by atoms with Gasteiger partial charge in [0.2, 0.25) is 0 Å². The molecular weight excluding hydrogens is 272 g/mol. The van der Waals surface area contributed by atoms with E-state index in [9.17, 15) is 22.7 Å². The smallest absolute Gasteiger partial charge is 0.388 e. The highest BCUT2D eigenvalue weighted by molar-refractivity contribution is 5.32. The van der Waals surface area contributed by atoms with Crippen molar-refractivity contribution in [1.29, 1.82) is 0 Å². The number of halogens is 4. The lowest BCUT2D eigenvalue weighted by molar-refractivity contribution is -0.139. The molecule has 0 aliphatic heterocycles. The molecule has 0 amide bonds. The first-order valence-electron chi connectivity index (χ1n) is 6.83. The Balaban J connectivity index is 2.33. The van der Waals surface area contributed by atoms with Gasteiger partial charge in [0.25, 0.3) is 0 Å². The van der Waals surface area contributed by atoms with Gasteiger partial charge in [-0.3, -0.25) is 0 Å². The summed E-state index contributed by atoms with van der Waals surface area (Å²) >= 11 is 0. The van der Waals surface area contributed by atoms with Crippen molar-refractivity contribution in [3.63, 3.8) is 0 Å². The average Bonchev–Trinajstić information content (AvgIpc) is 2.36. The summed E-state index contributed by atoms with van der Waals surface area (Å²) < 4.78 is 52.1. The lowest BCUT2D eigenvalue weighted by Crippen LogP contribution is -2.23. The zero-order valence-corrected chi connectivity index (χ0v) is 11.3. The zero-order valence-electron chi connectivity index (χ0n) is 11.3. The summed E-state index contributed by atoms with van der Waals surface area (Å²) in [6.07, 6.45) is -2.57. The molecule has 1 aromatic rings. The average molecular weight is 290 g/mol. The molecule has 1 fully saturated rings.